The summed E-state index contributed by atoms with van der Waals surface area (Å²) in [7, 11) is 0. The molecule has 3 saturated heterocycles. The summed E-state index contributed by atoms with van der Waals surface area (Å²) in [5.41, 5.74) is 2.65. The zero-order chi connectivity index (χ0) is 36.7. The van der Waals surface area contributed by atoms with Gasteiger partial charge in [-0.2, -0.15) is 0 Å². The summed E-state index contributed by atoms with van der Waals surface area (Å²) in [5.74, 6) is -0.0569. The minimum atomic E-state index is -2.75. The fraction of sp³-hybridized carbons (Fsp3) is 0.605. The number of alkyl halides is 2. The van der Waals surface area contributed by atoms with Gasteiger partial charge in [0.15, 0.2) is 5.82 Å². The number of pyridine rings is 1. The van der Waals surface area contributed by atoms with Gasteiger partial charge in [-0.05, 0) is 76.9 Å². The Morgan fingerprint density at radius 2 is 1.87 bits per heavy atom. The number of nitrogens with zero attached hydrogens (tertiary/aromatic N) is 8. The maximum atomic E-state index is 14.3. The minimum Gasteiger partial charge on any atom is -0.490 e. The average molecular weight is 737 g/mol. The Morgan fingerprint density at radius 1 is 1.06 bits per heavy atom. The van der Waals surface area contributed by atoms with E-state index in [9.17, 15) is 18.0 Å². The molecule has 1 aliphatic carbocycles. The van der Waals surface area contributed by atoms with E-state index in [-0.39, 0.29) is 28.7 Å². The maximum Gasteiger partial charge on any atom is 0.282 e. The van der Waals surface area contributed by atoms with Crippen molar-refractivity contribution in [3.8, 4) is 17.4 Å². The second kappa shape index (κ2) is 14.6. The van der Waals surface area contributed by atoms with Crippen LogP contribution in [-0.2, 0) is 17.7 Å². The van der Waals surface area contributed by atoms with E-state index in [2.05, 4.69) is 30.0 Å². The molecular formula is C38H47F3N8O4. The highest BCUT2D eigenvalue weighted by molar-refractivity contribution is 5.97. The second-order valence-corrected chi connectivity index (χ2v) is 15.9. The molecule has 0 atom stereocenters. The predicted octanol–water partition coefficient (Wildman–Crippen LogP) is 4.83. The van der Waals surface area contributed by atoms with E-state index in [1.807, 2.05) is 17.2 Å². The number of fused-ring (bicyclic) bond motifs is 1. The van der Waals surface area contributed by atoms with Crippen molar-refractivity contribution in [1.82, 2.24) is 34.9 Å². The van der Waals surface area contributed by atoms with Crippen LogP contribution in [0.15, 0.2) is 36.8 Å². The molecule has 0 radical (unpaired) electrons. The van der Waals surface area contributed by atoms with Crippen molar-refractivity contribution in [3.63, 3.8) is 0 Å². The summed E-state index contributed by atoms with van der Waals surface area (Å²) in [6.07, 6.45) is 5.61. The lowest BCUT2D eigenvalue weighted by Crippen LogP contribution is -2.65. The molecule has 0 unspecified atom stereocenters. The summed E-state index contributed by atoms with van der Waals surface area (Å²) >= 11 is 0. The van der Waals surface area contributed by atoms with Crippen molar-refractivity contribution >= 4 is 11.7 Å². The minimum absolute atomic E-state index is 0.0182. The molecule has 0 N–H and O–H groups in total. The molecule has 0 bridgehead atoms. The first-order chi connectivity index (χ1) is 25.6. The lowest BCUT2D eigenvalue weighted by molar-refractivity contribution is -0.0353. The molecule has 2 aromatic heterocycles. The van der Waals surface area contributed by atoms with Gasteiger partial charge in [0.05, 0.1) is 18.7 Å². The monoisotopic (exact) mass is 736 g/mol. The van der Waals surface area contributed by atoms with Crippen LogP contribution in [0.4, 0.5) is 19.0 Å². The van der Waals surface area contributed by atoms with E-state index in [0.717, 1.165) is 93.6 Å². The topological polar surface area (TPSA) is 109 Å². The standard InChI is InChI=1S/C38H47F3N8O4/c1-25(2)49(18-33(40)41)36(50)28-14-26(39)4-5-31(28)53-35-34(43-24-44-45-35)48-21-38(22-48)15-27(16-38)52-32-6-9-42-30-7-12-46(17-29(30)32)10-3-11-47-19-37(20-47)8-13-51-23-37/h4-6,9,14,24-25,27,33H,3,7-8,10-13,15-23H2,1-2H3. The normalized spacial score (nSPS) is 20.7. The van der Waals surface area contributed by atoms with Crippen molar-refractivity contribution in [2.24, 2.45) is 10.8 Å². The third-order valence-corrected chi connectivity index (χ3v) is 11.5. The Balaban J connectivity index is 0.853. The number of halogens is 3. The Bertz CT molecular complexity index is 1790. The van der Waals surface area contributed by atoms with Gasteiger partial charge < -0.3 is 28.9 Å². The SMILES string of the molecule is CC(C)N(CC(F)F)C(=O)c1cc(F)ccc1Oc1nncnc1N1CC2(CC(Oc3ccnc4c3CN(CCCN3CC5(CCOC5)C3)CC4)C2)C1. The maximum absolute atomic E-state index is 14.3. The molecule has 1 saturated carbocycles. The smallest absolute Gasteiger partial charge is 0.282 e. The number of aromatic nitrogens is 4. The van der Waals surface area contributed by atoms with Gasteiger partial charge in [0.25, 0.3) is 18.2 Å². The molecule has 284 valence electrons. The second-order valence-electron chi connectivity index (χ2n) is 15.9. The van der Waals surface area contributed by atoms with Gasteiger partial charge in [-0.15, -0.1) is 10.2 Å². The predicted molar refractivity (Wildman–Crippen MR) is 189 cm³/mol. The first-order valence-corrected chi connectivity index (χ1v) is 18.7. The lowest BCUT2D eigenvalue weighted by atomic mass is 9.61. The number of benzene rings is 1. The Labute approximate surface area is 307 Å². The highest BCUT2D eigenvalue weighted by Crippen LogP contribution is 2.52. The Kier molecular flexibility index (Phi) is 9.92. The van der Waals surface area contributed by atoms with Gasteiger partial charge in [-0.25, -0.2) is 18.2 Å². The molecule has 12 nitrogen and oxygen atoms in total. The highest BCUT2D eigenvalue weighted by Gasteiger charge is 2.54. The van der Waals surface area contributed by atoms with E-state index in [1.54, 1.807) is 13.8 Å². The van der Waals surface area contributed by atoms with Crippen LogP contribution >= 0.6 is 0 Å². The average Bonchev–Trinajstić information content (AvgIpc) is 3.59. The third-order valence-electron chi connectivity index (χ3n) is 11.5. The van der Waals surface area contributed by atoms with Crippen LogP contribution < -0.4 is 14.4 Å². The Morgan fingerprint density at radius 3 is 2.62 bits per heavy atom. The van der Waals surface area contributed by atoms with Crippen LogP contribution in [0.25, 0.3) is 0 Å². The third kappa shape index (κ3) is 7.52. The van der Waals surface area contributed by atoms with E-state index in [0.29, 0.717) is 24.3 Å². The van der Waals surface area contributed by atoms with Gasteiger partial charge in [-0.3, -0.25) is 14.7 Å². The van der Waals surface area contributed by atoms with Gasteiger partial charge >= 0.3 is 0 Å². The number of anilines is 1. The molecule has 2 spiro atoms. The van der Waals surface area contributed by atoms with Crippen molar-refractivity contribution in [2.45, 2.75) is 71.1 Å². The summed E-state index contributed by atoms with van der Waals surface area (Å²) in [6, 6.07) is 4.88. The summed E-state index contributed by atoms with van der Waals surface area (Å²) in [5, 5.41) is 8.01. The molecule has 4 fully saturated rings. The van der Waals surface area contributed by atoms with Gasteiger partial charge in [-0.1, -0.05) is 0 Å². The summed E-state index contributed by atoms with van der Waals surface area (Å²) in [6.45, 7) is 12.1. The highest BCUT2D eigenvalue weighted by atomic mass is 19.3. The number of likely N-dealkylation sites (tertiary alicyclic amines) is 1. The molecule has 4 aliphatic heterocycles. The molecule has 3 aromatic rings. The molecule has 15 heteroatoms. The van der Waals surface area contributed by atoms with Crippen molar-refractivity contribution in [3.05, 3.63) is 59.4 Å². The molecular weight excluding hydrogens is 689 g/mol. The van der Waals surface area contributed by atoms with E-state index < -0.39 is 30.7 Å². The summed E-state index contributed by atoms with van der Waals surface area (Å²) < 4.78 is 59.2. The largest absolute Gasteiger partial charge is 0.490 e. The lowest BCUT2D eigenvalue weighted by Gasteiger charge is -2.58. The number of carbonyl (C=O) groups is 1. The van der Waals surface area contributed by atoms with Crippen LogP contribution in [-0.4, -0.2) is 125 Å². The number of ether oxygens (including phenoxy) is 3. The number of hydrogen-bond acceptors (Lipinski definition) is 11. The zero-order valence-electron chi connectivity index (χ0n) is 30.4. The molecule has 1 aromatic carbocycles. The molecule has 53 heavy (non-hydrogen) atoms. The Hall–Kier alpha value is -4.08. The first kappa shape index (κ1) is 35.9. The van der Waals surface area contributed by atoms with Crippen molar-refractivity contribution in [2.75, 3.05) is 70.5 Å². The van der Waals surface area contributed by atoms with Crippen LogP contribution in [0.5, 0.6) is 17.4 Å². The molecule has 8 rings (SSSR count). The number of hydrogen-bond donors (Lipinski definition) is 0. The van der Waals surface area contributed by atoms with Gasteiger partial charge in [0, 0.05) is 86.6 Å². The molecule has 5 aliphatic rings. The van der Waals surface area contributed by atoms with Crippen molar-refractivity contribution < 1.29 is 32.2 Å². The van der Waals surface area contributed by atoms with Crippen LogP contribution in [0.3, 0.4) is 0 Å². The summed E-state index contributed by atoms with van der Waals surface area (Å²) in [4.78, 5) is 30.6. The van der Waals surface area contributed by atoms with Crippen LogP contribution in [0, 0.1) is 16.6 Å². The van der Waals surface area contributed by atoms with Crippen LogP contribution in [0.2, 0.25) is 0 Å². The van der Waals surface area contributed by atoms with E-state index in [1.165, 1.54) is 37.5 Å². The van der Waals surface area contributed by atoms with Gasteiger partial charge in [0.2, 0.25) is 0 Å². The van der Waals surface area contributed by atoms with Crippen molar-refractivity contribution in [1.29, 1.82) is 0 Å². The quantitative estimate of drug-likeness (QED) is 0.241. The van der Waals surface area contributed by atoms with E-state index in [4.69, 9.17) is 14.2 Å². The van der Waals surface area contributed by atoms with Gasteiger partial charge in [0.1, 0.15) is 29.7 Å². The zero-order valence-corrected chi connectivity index (χ0v) is 30.4. The van der Waals surface area contributed by atoms with Crippen LogP contribution in [0.1, 0.15) is 61.1 Å². The molecule has 6 heterocycles. The fourth-order valence-corrected chi connectivity index (χ4v) is 8.82. The number of amides is 1. The van der Waals surface area contributed by atoms with E-state index >= 15 is 0 Å². The fourth-order valence-electron chi connectivity index (χ4n) is 8.82. The number of rotatable bonds is 13. The molecule has 1 amide bonds. The first-order valence-electron chi connectivity index (χ1n) is 18.7. The number of carbonyl (C=O) groups excluding carboxylic acids is 1.